The number of halogens is 1. The largest absolute Gasteiger partial charge is 0.489 e. The van der Waals surface area contributed by atoms with Crippen LogP contribution in [0.15, 0.2) is 70.4 Å². The molecule has 0 aliphatic heterocycles. The van der Waals surface area contributed by atoms with Gasteiger partial charge in [0, 0.05) is 12.3 Å². The molecule has 1 aromatic carbocycles. The van der Waals surface area contributed by atoms with E-state index in [9.17, 15) is 14.0 Å². The Hall–Kier alpha value is -3.15. The fourth-order valence-corrected chi connectivity index (χ4v) is 2.12. The molecular formula is C17H13FN2O3. The second-order valence-electron chi connectivity index (χ2n) is 4.87. The first-order valence-corrected chi connectivity index (χ1v) is 6.92. The maximum atomic E-state index is 12.9. The normalized spacial score (nSPS) is 10.5. The Morgan fingerprint density at radius 2 is 1.83 bits per heavy atom. The summed E-state index contributed by atoms with van der Waals surface area (Å²) in [5, 5.41) is 0. The van der Waals surface area contributed by atoms with Gasteiger partial charge >= 0.3 is 0 Å². The monoisotopic (exact) mass is 312 g/mol. The lowest BCUT2D eigenvalue weighted by molar-refractivity contribution is 0.305. The van der Waals surface area contributed by atoms with Gasteiger partial charge < -0.3 is 4.74 Å². The summed E-state index contributed by atoms with van der Waals surface area (Å²) < 4.78 is 19.6. The van der Waals surface area contributed by atoms with Crippen molar-refractivity contribution in [2.45, 2.75) is 6.61 Å². The molecule has 5 nitrogen and oxygen atoms in total. The number of nitrogens with one attached hydrogen (secondary N) is 1. The Bertz CT molecular complexity index is 932. The van der Waals surface area contributed by atoms with E-state index in [-0.39, 0.29) is 5.69 Å². The van der Waals surface area contributed by atoms with Crippen LogP contribution in [0.5, 0.6) is 5.75 Å². The molecule has 2 aromatic heterocycles. The molecule has 0 bridgehead atoms. The third-order valence-electron chi connectivity index (χ3n) is 3.25. The highest BCUT2D eigenvalue weighted by Crippen LogP contribution is 2.10. The SMILES string of the molecule is O=c1[nH]c(F)ccc1-n1ccc(OCc2ccccc2)cc1=O. The number of nitrogens with zero attached hydrogens (tertiary/aromatic N) is 1. The van der Waals surface area contributed by atoms with E-state index in [2.05, 4.69) is 0 Å². The van der Waals surface area contributed by atoms with Crippen LogP contribution in [0.1, 0.15) is 5.56 Å². The molecule has 0 spiro atoms. The summed E-state index contributed by atoms with van der Waals surface area (Å²) in [5.74, 6) is -0.358. The summed E-state index contributed by atoms with van der Waals surface area (Å²) in [6.45, 7) is 0.335. The molecule has 0 radical (unpaired) electrons. The van der Waals surface area contributed by atoms with Crippen molar-refractivity contribution in [1.29, 1.82) is 0 Å². The number of rotatable bonds is 4. The molecule has 0 fully saturated rings. The van der Waals surface area contributed by atoms with E-state index >= 15 is 0 Å². The Morgan fingerprint density at radius 1 is 1.04 bits per heavy atom. The Morgan fingerprint density at radius 3 is 2.52 bits per heavy atom. The van der Waals surface area contributed by atoms with Crippen LogP contribution in [0.3, 0.4) is 0 Å². The molecule has 0 saturated heterocycles. The first kappa shape index (κ1) is 14.8. The first-order chi connectivity index (χ1) is 11.1. The average molecular weight is 312 g/mol. The van der Waals surface area contributed by atoms with Gasteiger partial charge in [0.15, 0.2) is 5.95 Å². The summed E-state index contributed by atoms with van der Waals surface area (Å²) in [4.78, 5) is 25.8. The molecule has 2 heterocycles. The van der Waals surface area contributed by atoms with Crippen molar-refractivity contribution in [3.63, 3.8) is 0 Å². The van der Waals surface area contributed by atoms with Crippen molar-refractivity contribution in [2.75, 3.05) is 0 Å². The molecule has 0 aliphatic carbocycles. The van der Waals surface area contributed by atoms with Gasteiger partial charge in [0.05, 0.1) is 0 Å². The third-order valence-corrected chi connectivity index (χ3v) is 3.25. The fraction of sp³-hybridized carbons (Fsp3) is 0.0588. The second kappa shape index (κ2) is 6.31. The zero-order valence-electron chi connectivity index (χ0n) is 12.0. The molecule has 3 rings (SSSR count). The van der Waals surface area contributed by atoms with Crippen LogP contribution in [-0.2, 0) is 6.61 Å². The van der Waals surface area contributed by atoms with Gasteiger partial charge in [-0.25, -0.2) is 0 Å². The van der Waals surface area contributed by atoms with Crippen LogP contribution in [0.2, 0.25) is 0 Å². The summed E-state index contributed by atoms with van der Waals surface area (Å²) in [6, 6.07) is 14.7. The second-order valence-corrected chi connectivity index (χ2v) is 4.87. The Labute approximate surface area is 130 Å². The molecular weight excluding hydrogens is 299 g/mol. The average Bonchev–Trinajstić information content (AvgIpc) is 2.55. The van der Waals surface area contributed by atoms with E-state index in [1.165, 1.54) is 18.3 Å². The molecule has 0 unspecified atom stereocenters. The highest BCUT2D eigenvalue weighted by molar-refractivity contribution is 5.31. The lowest BCUT2D eigenvalue weighted by Crippen LogP contribution is -2.24. The molecule has 116 valence electrons. The number of ether oxygens (including phenoxy) is 1. The lowest BCUT2D eigenvalue weighted by atomic mass is 10.2. The van der Waals surface area contributed by atoms with E-state index in [1.807, 2.05) is 35.3 Å². The highest BCUT2D eigenvalue weighted by Gasteiger charge is 2.07. The Balaban J connectivity index is 1.83. The van der Waals surface area contributed by atoms with Crippen molar-refractivity contribution in [3.8, 4) is 11.4 Å². The minimum absolute atomic E-state index is 0.0472. The van der Waals surface area contributed by atoms with E-state index < -0.39 is 17.1 Å². The van der Waals surface area contributed by atoms with Gasteiger partial charge in [-0.3, -0.25) is 19.1 Å². The number of hydrogen-bond donors (Lipinski definition) is 1. The van der Waals surface area contributed by atoms with E-state index in [0.717, 1.165) is 16.2 Å². The predicted molar refractivity (Wildman–Crippen MR) is 83.4 cm³/mol. The minimum Gasteiger partial charge on any atom is -0.489 e. The van der Waals surface area contributed by atoms with Gasteiger partial charge in [-0.05, 0) is 23.8 Å². The Kier molecular flexibility index (Phi) is 4.05. The number of pyridine rings is 2. The van der Waals surface area contributed by atoms with E-state index in [0.29, 0.717) is 12.4 Å². The van der Waals surface area contributed by atoms with Crippen molar-refractivity contribution >= 4 is 0 Å². The van der Waals surface area contributed by atoms with Gasteiger partial charge in [-0.1, -0.05) is 30.3 Å². The van der Waals surface area contributed by atoms with E-state index in [1.54, 1.807) is 6.07 Å². The smallest absolute Gasteiger partial charge is 0.274 e. The van der Waals surface area contributed by atoms with Crippen molar-refractivity contribution < 1.29 is 9.13 Å². The standard InChI is InChI=1S/C17H13FN2O3/c18-15-7-6-14(17(22)19-15)20-9-8-13(10-16(20)21)23-11-12-4-2-1-3-5-12/h1-10H,11H2,(H,19,22). The molecule has 0 amide bonds. The van der Waals surface area contributed by atoms with Gasteiger partial charge in [-0.2, -0.15) is 4.39 Å². The van der Waals surface area contributed by atoms with E-state index in [4.69, 9.17) is 4.74 Å². The summed E-state index contributed by atoms with van der Waals surface area (Å²) in [6.07, 6.45) is 1.42. The zero-order valence-corrected chi connectivity index (χ0v) is 12.0. The summed E-state index contributed by atoms with van der Waals surface area (Å²) in [7, 11) is 0. The van der Waals surface area contributed by atoms with Crippen LogP contribution in [0.25, 0.3) is 5.69 Å². The zero-order chi connectivity index (χ0) is 16.2. The first-order valence-electron chi connectivity index (χ1n) is 6.92. The number of aromatic amines is 1. The van der Waals surface area contributed by atoms with Crippen molar-refractivity contribution in [1.82, 2.24) is 9.55 Å². The van der Waals surface area contributed by atoms with Gasteiger partial charge in [0.2, 0.25) is 0 Å². The third kappa shape index (κ3) is 3.37. The summed E-state index contributed by atoms with van der Waals surface area (Å²) >= 11 is 0. The highest BCUT2D eigenvalue weighted by atomic mass is 19.1. The number of aromatic nitrogens is 2. The van der Waals surface area contributed by atoms with Crippen molar-refractivity contribution in [2.24, 2.45) is 0 Å². The number of hydrogen-bond acceptors (Lipinski definition) is 3. The molecule has 1 N–H and O–H groups in total. The van der Waals surface area contributed by atoms with Gasteiger partial charge in [-0.15, -0.1) is 0 Å². The maximum Gasteiger partial charge on any atom is 0.274 e. The maximum absolute atomic E-state index is 12.9. The van der Waals surface area contributed by atoms with Gasteiger partial charge in [0.1, 0.15) is 18.0 Å². The predicted octanol–water partition coefficient (Wildman–Crippen LogP) is 2.24. The topological polar surface area (TPSA) is 64.1 Å². The minimum atomic E-state index is -0.755. The molecule has 6 heteroatoms. The summed E-state index contributed by atoms with van der Waals surface area (Å²) in [5.41, 5.74) is -0.0876. The quantitative estimate of drug-likeness (QED) is 0.752. The van der Waals surface area contributed by atoms with Crippen LogP contribution in [0.4, 0.5) is 4.39 Å². The molecule has 23 heavy (non-hydrogen) atoms. The molecule has 0 saturated carbocycles. The molecule has 0 aliphatic rings. The van der Waals surface area contributed by atoms with Crippen LogP contribution in [-0.4, -0.2) is 9.55 Å². The van der Waals surface area contributed by atoms with Crippen LogP contribution < -0.4 is 15.9 Å². The molecule has 0 atom stereocenters. The van der Waals surface area contributed by atoms with Crippen molar-refractivity contribution in [3.05, 3.63) is 93.0 Å². The van der Waals surface area contributed by atoms with Crippen LogP contribution in [0, 0.1) is 5.95 Å². The lowest BCUT2D eigenvalue weighted by Gasteiger charge is -2.08. The van der Waals surface area contributed by atoms with Crippen LogP contribution >= 0.6 is 0 Å². The number of benzene rings is 1. The number of H-pyrrole nitrogens is 1. The van der Waals surface area contributed by atoms with Gasteiger partial charge in [0.25, 0.3) is 11.1 Å². The molecule has 3 aromatic rings. The fourth-order valence-electron chi connectivity index (χ4n) is 2.12.